The number of hydrogen-bond acceptors (Lipinski definition) is 4. The molecule has 0 heterocycles. The van der Waals surface area contributed by atoms with E-state index in [1.807, 2.05) is 26.2 Å². The SMILES string of the molecule is CN(C)Cc1ccc(S(=O)(=O)NC(CN)C2CCCCC2)cc1.Cl. The van der Waals surface area contributed by atoms with Crippen molar-refractivity contribution in [1.82, 2.24) is 9.62 Å². The van der Waals surface area contributed by atoms with E-state index in [1.165, 1.54) is 19.3 Å². The van der Waals surface area contributed by atoms with Crippen LogP contribution in [0.5, 0.6) is 0 Å². The standard InChI is InChI=1S/C17H29N3O2S.ClH/c1-20(2)13-14-8-10-16(11-9-14)23(21,22)19-17(12-18)15-6-4-3-5-7-15;/h8-11,15,17,19H,3-7,12-13,18H2,1-2H3;1H. The molecule has 2 rings (SSSR count). The average Bonchev–Trinajstić information content (AvgIpc) is 2.53. The third-order valence-corrected chi connectivity index (χ3v) is 6.02. The Labute approximate surface area is 152 Å². The van der Waals surface area contributed by atoms with Crippen molar-refractivity contribution in [1.29, 1.82) is 0 Å². The van der Waals surface area contributed by atoms with Crippen molar-refractivity contribution in [2.45, 2.75) is 49.6 Å². The van der Waals surface area contributed by atoms with Crippen LogP contribution in [0.1, 0.15) is 37.7 Å². The molecular formula is C17H30ClN3O2S. The summed E-state index contributed by atoms with van der Waals surface area (Å²) < 4.78 is 28.0. The van der Waals surface area contributed by atoms with Gasteiger partial charge in [0.15, 0.2) is 0 Å². The smallest absolute Gasteiger partial charge is 0.240 e. The van der Waals surface area contributed by atoms with E-state index in [2.05, 4.69) is 9.62 Å². The van der Waals surface area contributed by atoms with Gasteiger partial charge in [0, 0.05) is 19.1 Å². The highest BCUT2D eigenvalue weighted by Crippen LogP contribution is 2.27. The lowest BCUT2D eigenvalue weighted by Gasteiger charge is -2.29. The average molecular weight is 376 g/mol. The third-order valence-electron chi connectivity index (χ3n) is 4.51. The van der Waals surface area contributed by atoms with Crippen LogP contribution in [0.3, 0.4) is 0 Å². The zero-order valence-electron chi connectivity index (χ0n) is 14.6. The highest BCUT2D eigenvalue weighted by molar-refractivity contribution is 7.89. The first-order chi connectivity index (χ1) is 10.9. The van der Waals surface area contributed by atoms with Gasteiger partial charge in [0.1, 0.15) is 0 Å². The topological polar surface area (TPSA) is 75.4 Å². The third kappa shape index (κ3) is 6.01. The van der Waals surface area contributed by atoms with Crippen molar-refractivity contribution < 1.29 is 8.42 Å². The number of nitrogens with two attached hydrogens (primary N) is 1. The second-order valence-electron chi connectivity index (χ2n) is 6.74. The van der Waals surface area contributed by atoms with Crippen LogP contribution in [-0.2, 0) is 16.6 Å². The molecule has 1 aromatic carbocycles. The van der Waals surface area contributed by atoms with E-state index in [-0.39, 0.29) is 18.4 Å². The molecule has 1 aliphatic rings. The summed E-state index contributed by atoms with van der Waals surface area (Å²) in [5.41, 5.74) is 6.93. The minimum absolute atomic E-state index is 0. The van der Waals surface area contributed by atoms with E-state index in [4.69, 9.17) is 5.73 Å². The van der Waals surface area contributed by atoms with Crippen LogP contribution in [0.25, 0.3) is 0 Å². The maximum atomic E-state index is 12.6. The van der Waals surface area contributed by atoms with E-state index in [0.29, 0.717) is 17.4 Å². The Kier molecular flexibility index (Phi) is 8.67. The first-order valence-electron chi connectivity index (χ1n) is 8.38. The molecule has 0 radical (unpaired) electrons. The summed E-state index contributed by atoms with van der Waals surface area (Å²) in [6.45, 7) is 1.14. The molecule has 0 amide bonds. The number of benzene rings is 1. The van der Waals surface area contributed by atoms with Crippen molar-refractivity contribution in [2.24, 2.45) is 11.7 Å². The zero-order chi connectivity index (χ0) is 16.9. The van der Waals surface area contributed by atoms with Crippen LogP contribution >= 0.6 is 12.4 Å². The molecule has 0 bridgehead atoms. The van der Waals surface area contributed by atoms with Crippen molar-refractivity contribution in [3.63, 3.8) is 0 Å². The highest BCUT2D eigenvalue weighted by atomic mass is 35.5. The number of nitrogens with one attached hydrogen (secondary N) is 1. The second-order valence-corrected chi connectivity index (χ2v) is 8.46. The van der Waals surface area contributed by atoms with E-state index in [9.17, 15) is 8.42 Å². The number of halogens is 1. The predicted molar refractivity (Wildman–Crippen MR) is 101 cm³/mol. The Balaban J connectivity index is 0.00000288. The largest absolute Gasteiger partial charge is 0.329 e. The van der Waals surface area contributed by atoms with Gasteiger partial charge in [-0.1, -0.05) is 31.4 Å². The van der Waals surface area contributed by atoms with E-state index >= 15 is 0 Å². The summed E-state index contributed by atoms with van der Waals surface area (Å²) in [4.78, 5) is 2.37. The van der Waals surface area contributed by atoms with Gasteiger partial charge < -0.3 is 10.6 Å². The van der Waals surface area contributed by atoms with Gasteiger partial charge in [-0.05, 0) is 50.6 Å². The first-order valence-corrected chi connectivity index (χ1v) is 9.87. The van der Waals surface area contributed by atoms with E-state index in [1.54, 1.807) is 12.1 Å². The van der Waals surface area contributed by atoms with Gasteiger partial charge in [0.05, 0.1) is 4.90 Å². The minimum atomic E-state index is -3.51. The van der Waals surface area contributed by atoms with Crippen LogP contribution in [0.2, 0.25) is 0 Å². The van der Waals surface area contributed by atoms with E-state index < -0.39 is 10.0 Å². The van der Waals surface area contributed by atoms with Crippen molar-refractivity contribution in [3.05, 3.63) is 29.8 Å². The molecule has 5 nitrogen and oxygen atoms in total. The summed E-state index contributed by atoms with van der Waals surface area (Å²) in [5.74, 6) is 0.358. The monoisotopic (exact) mass is 375 g/mol. The molecule has 0 aromatic heterocycles. The molecule has 0 aliphatic heterocycles. The van der Waals surface area contributed by atoms with Gasteiger partial charge in [-0.15, -0.1) is 12.4 Å². The van der Waals surface area contributed by atoms with Crippen LogP contribution in [0, 0.1) is 5.92 Å². The van der Waals surface area contributed by atoms with Gasteiger partial charge in [-0.25, -0.2) is 13.1 Å². The fraction of sp³-hybridized carbons (Fsp3) is 0.647. The van der Waals surface area contributed by atoms with Crippen LogP contribution in [0.15, 0.2) is 29.2 Å². The summed E-state index contributed by atoms with van der Waals surface area (Å²) >= 11 is 0. The molecule has 1 saturated carbocycles. The lowest BCUT2D eigenvalue weighted by molar-refractivity contribution is 0.294. The van der Waals surface area contributed by atoms with Gasteiger partial charge in [0.2, 0.25) is 10.0 Å². The lowest BCUT2D eigenvalue weighted by atomic mass is 9.84. The molecular weight excluding hydrogens is 346 g/mol. The van der Waals surface area contributed by atoms with Crippen LogP contribution in [-0.4, -0.2) is 40.0 Å². The molecule has 3 N–H and O–H groups in total. The van der Waals surface area contributed by atoms with Gasteiger partial charge in [-0.3, -0.25) is 0 Å². The number of sulfonamides is 1. The van der Waals surface area contributed by atoms with Crippen molar-refractivity contribution >= 4 is 22.4 Å². The molecule has 24 heavy (non-hydrogen) atoms. The maximum Gasteiger partial charge on any atom is 0.240 e. The predicted octanol–water partition coefficient (Wildman–Crippen LogP) is 2.36. The highest BCUT2D eigenvalue weighted by Gasteiger charge is 2.27. The summed E-state index contributed by atoms with van der Waals surface area (Å²) in [6.07, 6.45) is 5.70. The van der Waals surface area contributed by atoms with E-state index in [0.717, 1.165) is 24.9 Å². The number of nitrogens with zero attached hydrogens (tertiary/aromatic N) is 1. The molecule has 1 atom stereocenters. The Hall–Kier alpha value is -0.660. The molecule has 0 spiro atoms. The Morgan fingerprint density at radius 3 is 2.25 bits per heavy atom. The van der Waals surface area contributed by atoms with Crippen molar-refractivity contribution in [3.8, 4) is 0 Å². The molecule has 0 saturated heterocycles. The fourth-order valence-electron chi connectivity index (χ4n) is 3.28. The summed E-state index contributed by atoms with van der Waals surface area (Å²) in [5, 5.41) is 0. The molecule has 138 valence electrons. The molecule has 1 fully saturated rings. The van der Waals surface area contributed by atoms with Crippen LogP contribution in [0.4, 0.5) is 0 Å². The van der Waals surface area contributed by atoms with Gasteiger partial charge >= 0.3 is 0 Å². The van der Waals surface area contributed by atoms with Gasteiger partial charge in [0.25, 0.3) is 0 Å². The zero-order valence-corrected chi connectivity index (χ0v) is 16.2. The quantitative estimate of drug-likeness (QED) is 0.767. The Bertz CT molecular complexity index is 584. The molecule has 1 aromatic rings. The lowest BCUT2D eigenvalue weighted by Crippen LogP contribution is -2.45. The Morgan fingerprint density at radius 2 is 1.75 bits per heavy atom. The maximum absolute atomic E-state index is 12.6. The normalized spacial score (nSPS) is 17.5. The van der Waals surface area contributed by atoms with Gasteiger partial charge in [-0.2, -0.15) is 0 Å². The van der Waals surface area contributed by atoms with Crippen molar-refractivity contribution in [2.75, 3.05) is 20.6 Å². The Morgan fingerprint density at radius 1 is 1.17 bits per heavy atom. The second kappa shape index (κ2) is 9.73. The van der Waals surface area contributed by atoms with Crippen LogP contribution < -0.4 is 10.5 Å². The first kappa shape index (κ1) is 21.4. The number of rotatable bonds is 7. The number of hydrogen-bond donors (Lipinski definition) is 2. The molecule has 1 unspecified atom stereocenters. The molecule has 7 heteroatoms. The minimum Gasteiger partial charge on any atom is -0.329 e. The molecule has 1 aliphatic carbocycles. The summed E-state index contributed by atoms with van der Waals surface area (Å²) in [7, 11) is 0.467. The fourth-order valence-corrected chi connectivity index (χ4v) is 4.60. The summed E-state index contributed by atoms with van der Waals surface area (Å²) in [6, 6.07) is 6.92.